The largest absolute Gasteiger partial charge is 0.772 e. The van der Waals surface area contributed by atoms with Gasteiger partial charge in [0.1, 0.15) is 0 Å². The lowest BCUT2D eigenvalue weighted by atomic mass is 10.2. The molecule has 0 aromatic heterocycles. The van der Waals surface area contributed by atoms with Crippen molar-refractivity contribution in [2.24, 2.45) is 0 Å². The SMILES string of the molecule is Cc1ccc(S(=O)(=O)C(C)CS(=O)[O-])cc1. The van der Waals surface area contributed by atoms with Crippen molar-refractivity contribution >= 4 is 20.9 Å². The molecule has 90 valence electrons. The lowest BCUT2D eigenvalue weighted by molar-refractivity contribution is 0.533. The first-order valence-corrected chi connectivity index (χ1v) is 7.49. The first kappa shape index (κ1) is 13.3. The summed E-state index contributed by atoms with van der Waals surface area (Å²) in [6, 6.07) is 6.37. The summed E-state index contributed by atoms with van der Waals surface area (Å²) in [6.45, 7) is 3.25. The third-order valence-corrected chi connectivity index (χ3v) is 5.39. The van der Waals surface area contributed by atoms with E-state index < -0.39 is 26.2 Å². The molecule has 0 spiro atoms. The molecule has 0 aliphatic rings. The van der Waals surface area contributed by atoms with Gasteiger partial charge in [-0.1, -0.05) is 28.8 Å². The van der Waals surface area contributed by atoms with Gasteiger partial charge in [-0.3, -0.25) is 4.21 Å². The lowest BCUT2D eigenvalue weighted by Gasteiger charge is -2.14. The topological polar surface area (TPSA) is 74.3 Å². The van der Waals surface area contributed by atoms with E-state index >= 15 is 0 Å². The molecular weight excluding hydrogens is 248 g/mol. The number of hydrogen-bond acceptors (Lipinski definition) is 4. The average Bonchev–Trinajstić information content (AvgIpc) is 2.17. The third kappa shape index (κ3) is 3.13. The van der Waals surface area contributed by atoms with Gasteiger partial charge in [-0.25, -0.2) is 8.42 Å². The van der Waals surface area contributed by atoms with Gasteiger partial charge < -0.3 is 4.55 Å². The van der Waals surface area contributed by atoms with E-state index in [-0.39, 0.29) is 10.6 Å². The zero-order chi connectivity index (χ0) is 12.3. The van der Waals surface area contributed by atoms with E-state index in [0.717, 1.165) is 5.56 Å². The second kappa shape index (κ2) is 5.07. The van der Waals surface area contributed by atoms with Crippen LogP contribution in [0.5, 0.6) is 0 Å². The summed E-state index contributed by atoms with van der Waals surface area (Å²) in [5.41, 5.74) is 0.957. The van der Waals surface area contributed by atoms with Crippen molar-refractivity contribution in [2.45, 2.75) is 24.0 Å². The number of aryl methyl sites for hydroxylation is 1. The molecule has 2 unspecified atom stereocenters. The fourth-order valence-electron chi connectivity index (χ4n) is 1.24. The summed E-state index contributed by atoms with van der Waals surface area (Å²) in [6.07, 6.45) is 0. The second-order valence-electron chi connectivity index (χ2n) is 3.64. The molecular formula is C10H13O4S2-. The van der Waals surface area contributed by atoms with Crippen molar-refractivity contribution in [2.75, 3.05) is 5.75 Å². The molecule has 0 heterocycles. The molecule has 0 amide bonds. The third-order valence-electron chi connectivity index (χ3n) is 2.25. The van der Waals surface area contributed by atoms with Crippen LogP contribution in [0.4, 0.5) is 0 Å². The van der Waals surface area contributed by atoms with Crippen LogP contribution < -0.4 is 0 Å². The Balaban J connectivity index is 3.02. The van der Waals surface area contributed by atoms with Gasteiger partial charge in [0.15, 0.2) is 9.84 Å². The normalized spacial score (nSPS) is 15.7. The highest BCUT2D eigenvalue weighted by molar-refractivity contribution is 7.93. The maximum Gasteiger partial charge on any atom is 0.181 e. The van der Waals surface area contributed by atoms with Crippen LogP contribution in [0.15, 0.2) is 29.2 Å². The van der Waals surface area contributed by atoms with Crippen molar-refractivity contribution < 1.29 is 17.2 Å². The highest BCUT2D eigenvalue weighted by atomic mass is 32.2. The molecule has 0 aliphatic carbocycles. The zero-order valence-corrected chi connectivity index (χ0v) is 10.7. The standard InChI is InChI=1S/C10H14O4S2/c1-8-3-5-10(6-4-8)16(13,14)9(2)7-15(11)12/h3-6,9H,7H2,1-2H3,(H,11,12)/p-1. The Hall–Kier alpha value is -0.720. The van der Waals surface area contributed by atoms with Gasteiger partial charge in [-0.2, -0.15) is 0 Å². The molecule has 0 aliphatic heterocycles. The Bertz CT molecular complexity index is 476. The summed E-state index contributed by atoms with van der Waals surface area (Å²) in [5, 5.41) is -0.923. The molecule has 0 saturated heterocycles. The van der Waals surface area contributed by atoms with Crippen molar-refractivity contribution in [3.8, 4) is 0 Å². The molecule has 0 radical (unpaired) electrons. The van der Waals surface area contributed by atoms with Crippen LogP contribution in [0.1, 0.15) is 12.5 Å². The van der Waals surface area contributed by atoms with Gasteiger partial charge in [0.05, 0.1) is 10.1 Å². The minimum atomic E-state index is -3.54. The Morgan fingerprint density at radius 3 is 2.25 bits per heavy atom. The van der Waals surface area contributed by atoms with Crippen molar-refractivity contribution in [1.82, 2.24) is 0 Å². The van der Waals surface area contributed by atoms with Crippen LogP contribution in [-0.2, 0) is 20.9 Å². The van der Waals surface area contributed by atoms with Gasteiger partial charge in [0.25, 0.3) is 0 Å². The van der Waals surface area contributed by atoms with Gasteiger partial charge in [0, 0.05) is 5.75 Å². The van der Waals surface area contributed by atoms with Crippen molar-refractivity contribution in [1.29, 1.82) is 0 Å². The number of rotatable bonds is 4. The predicted molar refractivity (Wildman–Crippen MR) is 61.6 cm³/mol. The Kier molecular flexibility index (Phi) is 4.23. The van der Waals surface area contributed by atoms with Crippen LogP contribution in [-0.4, -0.2) is 28.2 Å². The first-order chi connectivity index (χ1) is 7.34. The molecule has 0 fully saturated rings. The van der Waals surface area contributed by atoms with E-state index in [1.54, 1.807) is 12.1 Å². The van der Waals surface area contributed by atoms with E-state index in [4.69, 9.17) is 0 Å². The Morgan fingerprint density at radius 2 is 1.81 bits per heavy atom. The van der Waals surface area contributed by atoms with Crippen LogP contribution in [0.3, 0.4) is 0 Å². The van der Waals surface area contributed by atoms with Gasteiger partial charge in [-0.05, 0) is 26.0 Å². The number of hydrogen-bond donors (Lipinski definition) is 0. The number of sulfone groups is 1. The van der Waals surface area contributed by atoms with E-state index in [0.29, 0.717) is 0 Å². The fourth-order valence-corrected chi connectivity index (χ4v) is 3.65. The smallest absolute Gasteiger partial charge is 0.181 e. The molecule has 0 bridgehead atoms. The molecule has 1 aromatic carbocycles. The molecule has 1 aromatic rings. The molecule has 6 heteroatoms. The summed E-state index contributed by atoms with van der Waals surface area (Å²) in [5.74, 6) is -0.379. The molecule has 2 atom stereocenters. The van der Waals surface area contributed by atoms with Crippen molar-refractivity contribution in [3.05, 3.63) is 29.8 Å². The molecule has 16 heavy (non-hydrogen) atoms. The summed E-state index contributed by atoms with van der Waals surface area (Å²) < 4.78 is 44.8. The van der Waals surface area contributed by atoms with Gasteiger partial charge in [0.2, 0.25) is 0 Å². The maximum atomic E-state index is 11.9. The lowest BCUT2D eigenvalue weighted by Crippen LogP contribution is -2.24. The van der Waals surface area contributed by atoms with Crippen LogP contribution in [0.25, 0.3) is 0 Å². The highest BCUT2D eigenvalue weighted by Crippen LogP contribution is 2.17. The van der Waals surface area contributed by atoms with E-state index in [2.05, 4.69) is 0 Å². The molecule has 4 nitrogen and oxygen atoms in total. The second-order valence-corrected chi connectivity index (χ2v) is 6.95. The van der Waals surface area contributed by atoms with E-state index in [9.17, 15) is 17.2 Å². The molecule has 1 rings (SSSR count). The van der Waals surface area contributed by atoms with Crippen LogP contribution in [0, 0.1) is 6.92 Å². The predicted octanol–water partition coefficient (Wildman–Crippen LogP) is 1.04. The quantitative estimate of drug-likeness (QED) is 0.759. The monoisotopic (exact) mass is 261 g/mol. The van der Waals surface area contributed by atoms with Gasteiger partial charge >= 0.3 is 0 Å². The number of benzene rings is 1. The minimum absolute atomic E-state index is 0.163. The summed E-state index contributed by atoms with van der Waals surface area (Å²) in [4.78, 5) is 0.163. The average molecular weight is 261 g/mol. The summed E-state index contributed by atoms with van der Waals surface area (Å²) in [7, 11) is -3.54. The maximum absolute atomic E-state index is 11.9. The van der Waals surface area contributed by atoms with E-state index in [1.165, 1.54) is 19.1 Å². The van der Waals surface area contributed by atoms with Crippen LogP contribution in [0.2, 0.25) is 0 Å². The van der Waals surface area contributed by atoms with Crippen molar-refractivity contribution in [3.63, 3.8) is 0 Å². The van der Waals surface area contributed by atoms with Gasteiger partial charge in [-0.15, -0.1) is 0 Å². The molecule has 0 N–H and O–H groups in total. The zero-order valence-electron chi connectivity index (χ0n) is 9.04. The fraction of sp³-hybridized carbons (Fsp3) is 0.400. The van der Waals surface area contributed by atoms with Crippen LogP contribution >= 0.6 is 0 Å². The summed E-state index contributed by atoms with van der Waals surface area (Å²) >= 11 is -2.35. The molecule has 0 saturated carbocycles. The minimum Gasteiger partial charge on any atom is -0.772 e. The first-order valence-electron chi connectivity index (χ1n) is 4.70. The highest BCUT2D eigenvalue weighted by Gasteiger charge is 2.22. The van der Waals surface area contributed by atoms with E-state index in [1.807, 2.05) is 6.92 Å². The Morgan fingerprint density at radius 1 is 1.31 bits per heavy atom. The Labute approximate surface area is 97.9 Å².